The molecule has 1 fully saturated rings. The van der Waals surface area contributed by atoms with Gasteiger partial charge in [0.25, 0.3) is 0 Å². The lowest BCUT2D eigenvalue weighted by Gasteiger charge is -2.37. The van der Waals surface area contributed by atoms with Gasteiger partial charge in [0.05, 0.1) is 5.69 Å². The Morgan fingerprint density at radius 2 is 1.72 bits per heavy atom. The lowest BCUT2D eigenvalue weighted by molar-refractivity contribution is 0.154. The minimum Gasteiger partial charge on any atom is -0.353 e. The average molecular weight is 339 g/mol. The molecule has 0 spiro atoms. The number of urea groups is 1. The van der Waals surface area contributed by atoms with Crippen LogP contribution in [0.2, 0.25) is 0 Å². The number of aromatic nitrogens is 2. The number of hydrogen-bond acceptors (Lipinski definition) is 4. The Kier molecular flexibility index (Phi) is 5.48. The number of nitrogens with zero attached hydrogens (tertiary/aromatic N) is 5. The topological polar surface area (TPSA) is 52.6 Å². The molecule has 0 radical (unpaired) electrons. The van der Waals surface area contributed by atoms with Crippen LogP contribution in [0, 0.1) is 0 Å². The van der Waals surface area contributed by atoms with Gasteiger partial charge < -0.3 is 14.7 Å². The molecule has 6 nitrogen and oxygen atoms in total. The van der Waals surface area contributed by atoms with E-state index in [4.69, 9.17) is 0 Å². The fourth-order valence-electron chi connectivity index (χ4n) is 3.11. The van der Waals surface area contributed by atoms with Crippen LogP contribution in [0.3, 0.4) is 0 Å². The number of benzene rings is 1. The molecule has 1 aliphatic heterocycles. The third-order valence-electron chi connectivity index (χ3n) is 4.63. The highest BCUT2D eigenvalue weighted by molar-refractivity contribution is 5.74. The third-order valence-corrected chi connectivity index (χ3v) is 4.63. The minimum absolute atomic E-state index is 0.136. The van der Waals surface area contributed by atoms with Crippen LogP contribution >= 0.6 is 0 Å². The lowest BCUT2D eigenvalue weighted by atomic mass is 10.1. The normalized spacial score (nSPS) is 14.5. The Hall–Kier alpha value is -2.63. The van der Waals surface area contributed by atoms with Crippen molar-refractivity contribution in [2.45, 2.75) is 13.8 Å². The third kappa shape index (κ3) is 3.90. The van der Waals surface area contributed by atoms with Gasteiger partial charge in [0.1, 0.15) is 12.1 Å². The lowest BCUT2D eigenvalue weighted by Crippen LogP contribution is -2.53. The zero-order valence-electron chi connectivity index (χ0n) is 14.9. The summed E-state index contributed by atoms with van der Waals surface area (Å²) >= 11 is 0. The summed E-state index contributed by atoms with van der Waals surface area (Å²) in [6.45, 7) is 8.56. The van der Waals surface area contributed by atoms with Gasteiger partial charge in [-0.2, -0.15) is 0 Å². The molecule has 0 unspecified atom stereocenters. The highest BCUT2D eigenvalue weighted by Gasteiger charge is 2.24. The van der Waals surface area contributed by atoms with E-state index < -0.39 is 0 Å². The van der Waals surface area contributed by atoms with Crippen LogP contribution < -0.4 is 4.90 Å². The second-order valence-electron chi connectivity index (χ2n) is 6.06. The number of carbonyl (C=O) groups is 1. The largest absolute Gasteiger partial charge is 0.353 e. The van der Waals surface area contributed by atoms with Crippen molar-refractivity contribution < 1.29 is 4.79 Å². The first kappa shape index (κ1) is 17.2. The summed E-state index contributed by atoms with van der Waals surface area (Å²) in [5, 5.41) is 0. The van der Waals surface area contributed by atoms with Crippen LogP contribution in [0.25, 0.3) is 11.3 Å². The quantitative estimate of drug-likeness (QED) is 0.859. The van der Waals surface area contributed by atoms with Crippen molar-refractivity contribution in [2.24, 2.45) is 0 Å². The molecule has 0 bridgehead atoms. The molecule has 1 aromatic heterocycles. The van der Waals surface area contributed by atoms with Gasteiger partial charge >= 0.3 is 6.03 Å². The Balaban J connectivity index is 1.66. The number of carbonyl (C=O) groups excluding carboxylic acids is 1. The Morgan fingerprint density at radius 1 is 1.04 bits per heavy atom. The maximum atomic E-state index is 12.5. The van der Waals surface area contributed by atoms with Crippen LogP contribution in [-0.4, -0.2) is 65.1 Å². The van der Waals surface area contributed by atoms with E-state index in [2.05, 4.69) is 14.9 Å². The number of anilines is 1. The van der Waals surface area contributed by atoms with Crippen LogP contribution in [0.1, 0.15) is 13.8 Å². The number of amides is 2. The maximum absolute atomic E-state index is 12.5. The first-order chi connectivity index (χ1) is 12.2. The Labute approximate surface area is 149 Å². The van der Waals surface area contributed by atoms with Gasteiger partial charge in [-0.15, -0.1) is 0 Å². The molecule has 0 atom stereocenters. The molecule has 0 N–H and O–H groups in total. The average Bonchev–Trinajstić information content (AvgIpc) is 2.70. The van der Waals surface area contributed by atoms with Crippen molar-refractivity contribution in [3.8, 4) is 11.3 Å². The van der Waals surface area contributed by atoms with E-state index >= 15 is 0 Å². The predicted molar refractivity (Wildman–Crippen MR) is 99.6 cm³/mol. The molecule has 1 aromatic carbocycles. The molecule has 0 saturated carbocycles. The van der Waals surface area contributed by atoms with Crippen molar-refractivity contribution >= 4 is 11.8 Å². The number of rotatable bonds is 4. The monoisotopic (exact) mass is 339 g/mol. The van der Waals surface area contributed by atoms with Crippen molar-refractivity contribution in [1.82, 2.24) is 19.8 Å². The van der Waals surface area contributed by atoms with Gasteiger partial charge in [0, 0.05) is 50.9 Å². The maximum Gasteiger partial charge on any atom is 0.320 e. The molecule has 1 aliphatic rings. The van der Waals surface area contributed by atoms with Gasteiger partial charge in [-0.1, -0.05) is 30.3 Å². The molecule has 2 heterocycles. The molecule has 25 heavy (non-hydrogen) atoms. The van der Waals surface area contributed by atoms with Crippen molar-refractivity contribution in [2.75, 3.05) is 44.2 Å². The van der Waals surface area contributed by atoms with E-state index in [9.17, 15) is 4.79 Å². The molecular weight excluding hydrogens is 314 g/mol. The predicted octanol–water partition coefficient (Wildman–Crippen LogP) is 2.73. The molecule has 132 valence electrons. The van der Waals surface area contributed by atoms with Crippen molar-refractivity contribution in [3.63, 3.8) is 0 Å². The van der Waals surface area contributed by atoms with E-state index in [0.29, 0.717) is 0 Å². The van der Waals surface area contributed by atoms with Gasteiger partial charge in [0.2, 0.25) is 0 Å². The van der Waals surface area contributed by atoms with Crippen LogP contribution in [0.5, 0.6) is 0 Å². The summed E-state index contributed by atoms with van der Waals surface area (Å²) in [4.78, 5) is 27.3. The standard InChI is InChI=1S/C19H25N5O/c1-3-22(4-2)19(25)24-12-10-23(11-13-24)18-14-17(20-15-21-18)16-8-6-5-7-9-16/h5-9,14-15H,3-4,10-13H2,1-2H3. The van der Waals surface area contributed by atoms with Gasteiger partial charge in [-0.25, -0.2) is 14.8 Å². The fourth-order valence-corrected chi connectivity index (χ4v) is 3.11. The summed E-state index contributed by atoms with van der Waals surface area (Å²) in [7, 11) is 0. The van der Waals surface area contributed by atoms with E-state index in [0.717, 1.165) is 56.3 Å². The van der Waals surface area contributed by atoms with Gasteiger partial charge in [0.15, 0.2) is 0 Å². The SMILES string of the molecule is CCN(CC)C(=O)N1CCN(c2cc(-c3ccccc3)ncn2)CC1. The molecule has 1 saturated heterocycles. The highest BCUT2D eigenvalue weighted by Crippen LogP contribution is 2.21. The van der Waals surface area contributed by atoms with Gasteiger partial charge in [-0.05, 0) is 13.8 Å². The smallest absolute Gasteiger partial charge is 0.320 e. The summed E-state index contributed by atoms with van der Waals surface area (Å²) in [6.07, 6.45) is 1.62. The molecular formula is C19H25N5O. The van der Waals surface area contributed by atoms with Crippen LogP contribution in [0.4, 0.5) is 10.6 Å². The molecule has 2 aromatic rings. The van der Waals surface area contributed by atoms with Crippen molar-refractivity contribution in [3.05, 3.63) is 42.7 Å². The van der Waals surface area contributed by atoms with Crippen LogP contribution in [0.15, 0.2) is 42.7 Å². The Morgan fingerprint density at radius 3 is 2.36 bits per heavy atom. The zero-order chi connectivity index (χ0) is 17.6. The van der Waals surface area contributed by atoms with Crippen LogP contribution in [-0.2, 0) is 0 Å². The first-order valence-corrected chi connectivity index (χ1v) is 8.89. The number of hydrogen-bond donors (Lipinski definition) is 0. The zero-order valence-corrected chi connectivity index (χ0v) is 14.9. The molecule has 0 aliphatic carbocycles. The van der Waals surface area contributed by atoms with E-state index in [1.807, 2.05) is 60.0 Å². The van der Waals surface area contributed by atoms with E-state index in [1.54, 1.807) is 6.33 Å². The first-order valence-electron chi connectivity index (χ1n) is 8.89. The second kappa shape index (κ2) is 7.96. The second-order valence-corrected chi connectivity index (χ2v) is 6.06. The van der Waals surface area contributed by atoms with Crippen molar-refractivity contribution in [1.29, 1.82) is 0 Å². The molecule has 3 rings (SSSR count). The minimum atomic E-state index is 0.136. The fraction of sp³-hybridized carbons (Fsp3) is 0.421. The number of piperazine rings is 1. The molecule has 6 heteroatoms. The summed E-state index contributed by atoms with van der Waals surface area (Å²) in [5.41, 5.74) is 2.01. The Bertz CT molecular complexity index is 694. The summed E-state index contributed by atoms with van der Waals surface area (Å²) in [5.74, 6) is 0.920. The van der Waals surface area contributed by atoms with E-state index in [-0.39, 0.29) is 6.03 Å². The van der Waals surface area contributed by atoms with E-state index in [1.165, 1.54) is 0 Å². The summed E-state index contributed by atoms with van der Waals surface area (Å²) in [6, 6.07) is 12.3. The highest BCUT2D eigenvalue weighted by atomic mass is 16.2. The summed E-state index contributed by atoms with van der Waals surface area (Å²) < 4.78 is 0. The molecule has 2 amide bonds. The van der Waals surface area contributed by atoms with Gasteiger partial charge in [-0.3, -0.25) is 0 Å².